The standard InChI is InChI=1S/C10H10ClNO/c11-8-3-1-7(2-4-8)9-5-6-10(9)12-13/h1-4,9,13H,5-6H2/b12-10-/t9-/m0/s1. The fourth-order valence-corrected chi connectivity index (χ4v) is 1.72. The van der Waals surface area contributed by atoms with Crippen molar-refractivity contribution in [1.82, 2.24) is 0 Å². The molecule has 1 saturated carbocycles. The first-order valence-corrected chi connectivity index (χ1v) is 4.65. The van der Waals surface area contributed by atoms with E-state index in [1.165, 1.54) is 5.56 Å². The molecule has 1 aromatic rings. The number of oxime groups is 1. The van der Waals surface area contributed by atoms with Gasteiger partial charge in [0.1, 0.15) is 0 Å². The van der Waals surface area contributed by atoms with E-state index in [0.29, 0.717) is 5.92 Å². The molecule has 0 aromatic heterocycles. The quantitative estimate of drug-likeness (QED) is 0.542. The van der Waals surface area contributed by atoms with Crippen LogP contribution in [0.15, 0.2) is 29.4 Å². The van der Waals surface area contributed by atoms with Crippen LogP contribution in [0.2, 0.25) is 5.02 Å². The molecule has 0 radical (unpaired) electrons. The molecule has 13 heavy (non-hydrogen) atoms. The van der Waals surface area contributed by atoms with Crippen molar-refractivity contribution >= 4 is 17.3 Å². The molecule has 1 atom stereocenters. The molecule has 1 aliphatic carbocycles. The van der Waals surface area contributed by atoms with Crippen molar-refractivity contribution in [2.24, 2.45) is 5.16 Å². The monoisotopic (exact) mass is 195 g/mol. The van der Waals surface area contributed by atoms with E-state index in [0.717, 1.165) is 23.6 Å². The van der Waals surface area contributed by atoms with E-state index in [2.05, 4.69) is 5.16 Å². The lowest BCUT2D eigenvalue weighted by Crippen LogP contribution is -2.23. The molecule has 0 unspecified atom stereocenters. The first kappa shape index (κ1) is 8.57. The smallest absolute Gasteiger partial charge is 0.0645 e. The van der Waals surface area contributed by atoms with Crippen LogP contribution in [-0.2, 0) is 0 Å². The minimum absolute atomic E-state index is 0.308. The topological polar surface area (TPSA) is 32.6 Å². The Bertz CT molecular complexity index is 331. The summed E-state index contributed by atoms with van der Waals surface area (Å²) in [6.07, 6.45) is 1.98. The zero-order valence-electron chi connectivity index (χ0n) is 7.07. The van der Waals surface area contributed by atoms with E-state index in [1.54, 1.807) is 0 Å². The van der Waals surface area contributed by atoms with Crippen molar-refractivity contribution in [1.29, 1.82) is 0 Å². The molecule has 2 rings (SSSR count). The van der Waals surface area contributed by atoms with E-state index >= 15 is 0 Å². The van der Waals surface area contributed by atoms with Crippen LogP contribution in [0.1, 0.15) is 24.3 Å². The Hall–Kier alpha value is -1.02. The van der Waals surface area contributed by atoms with Gasteiger partial charge < -0.3 is 5.21 Å². The van der Waals surface area contributed by atoms with Crippen molar-refractivity contribution < 1.29 is 5.21 Å². The van der Waals surface area contributed by atoms with Gasteiger partial charge in [-0.15, -0.1) is 0 Å². The molecule has 1 aromatic carbocycles. The fourth-order valence-electron chi connectivity index (χ4n) is 1.59. The second kappa shape index (κ2) is 3.38. The van der Waals surface area contributed by atoms with Gasteiger partial charge in [0.05, 0.1) is 5.71 Å². The molecule has 0 spiro atoms. The normalized spacial score (nSPS) is 24.4. The van der Waals surface area contributed by atoms with Gasteiger partial charge in [-0.2, -0.15) is 0 Å². The average molecular weight is 196 g/mol. The molecular weight excluding hydrogens is 186 g/mol. The third-order valence-electron chi connectivity index (χ3n) is 2.49. The summed E-state index contributed by atoms with van der Waals surface area (Å²) in [6, 6.07) is 7.70. The van der Waals surface area contributed by atoms with E-state index in [-0.39, 0.29) is 0 Å². The van der Waals surface area contributed by atoms with Crippen LogP contribution in [0.5, 0.6) is 0 Å². The Morgan fingerprint density at radius 1 is 1.31 bits per heavy atom. The van der Waals surface area contributed by atoms with Crippen LogP contribution in [0.25, 0.3) is 0 Å². The minimum Gasteiger partial charge on any atom is -0.411 e. The van der Waals surface area contributed by atoms with E-state index < -0.39 is 0 Å². The van der Waals surface area contributed by atoms with Crippen molar-refractivity contribution in [3.05, 3.63) is 34.9 Å². The van der Waals surface area contributed by atoms with E-state index in [4.69, 9.17) is 16.8 Å². The van der Waals surface area contributed by atoms with Gasteiger partial charge in [-0.25, -0.2) is 0 Å². The number of halogens is 1. The van der Waals surface area contributed by atoms with Crippen molar-refractivity contribution in [2.75, 3.05) is 0 Å². The number of nitrogens with zero attached hydrogens (tertiary/aromatic N) is 1. The summed E-state index contributed by atoms with van der Waals surface area (Å²) in [6.45, 7) is 0. The van der Waals surface area contributed by atoms with Crippen LogP contribution >= 0.6 is 11.6 Å². The highest BCUT2D eigenvalue weighted by Crippen LogP contribution is 2.34. The summed E-state index contributed by atoms with van der Waals surface area (Å²) < 4.78 is 0. The molecule has 1 fully saturated rings. The van der Waals surface area contributed by atoms with Gasteiger partial charge >= 0.3 is 0 Å². The van der Waals surface area contributed by atoms with Gasteiger partial charge in [-0.3, -0.25) is 0 Å². The molecule has 0 bridgehead atoms. The van der Waals surface area contributed by atoms with Gasteiger partial charge in [0.2, 0.25) is 0 Å². The van der Waals surface area contributed by atoms with Crippen LogP contribution in [0.3, 0.4) is 0 Å². The molecule has 0 heterocycles. The number of rotatable bonds is 1. The predicted octanol–water partition coefficient (Wildman–Crippen LogP) is 3.05. The molecular formula is C10H10ClNO. The SMILES string of the molecule is O/N=C1/CC[C@H]1c1ccc(Cl)cc1. The lowest BCUT2D eigenvalue weighted by Gasteiger charge is -2.27. The van der Waals surface area contributed by atoms with Crippen LogP contribution in [0.4, 0.5) is 0 Å². The third-order valence-corrected chi connectivity index (χ3v) is 2.74. The molecule has 0 amide bonds. The molecule has 68 valence electrons. The maximum Gasteiger partial charge on any atom is 0.0645 e. The van der Waals surface area contributed by atoms with Crippen molar-refractivity contribution in [3.8, 4) is 0 Å². The van der Waals surface area contributed by atoms with Gasteiger partial charge in [0, 0.05) is 10.9 Å². The highest BCUT2D eigenvalue weighted by molar-refractivity contribution is 6.30. The van der Waals surface area contributed by atoms with E-state index in [1.807, 2.05) is 24.3 Å². The van der Waals surface area contributed by atoms with Gasteiger partial charge in [-0.05, 0) is 30.5 Å². The van der Waals surface area contributed by atoms with Crippen LogP contribution in [-0.4, -0.2) is 10.9 Å². The maximum absolute atomic E-state index is 8.63. The predicted molar refractivity (Wildman–Crippen MR) is 52.6 cm³/mol. The summed E-state index contributed by atoms with van der Waals surface area (Å²) in [5, 5.41) is 12.6. The number of hydrogen-bond acceptors (Lipinski definition) is 2. The third kappa shape index (κ3) is 1.54. The number of hydrogen-bond donors (Lipinski definition) is 1. The second-order valence-corrected chi connectivity index (χ2v) is 3.67. The molecule has 0 saturated heterocycles. The first-order chi connectivity index (χ1) is 6.31. The Kier molecular flexibility index (Phi) is 2.23. The fraction of sp³-hybridized carbons (Fsp3) is 0.300. The molecule has 1 aliphatic rings. The Labute approximate surface area is 81.8 Å². The van der Waals surface area contributed by atoms with Gasteiger partial charge in [0.15, 0.2) is 0 Å². The Balaban J connectivity index is 2.22. The summed E-state index contributed by atoms with van der Waals surface area (Å²) in [5.74, 6) is 0.308. The zero-order valence-corrected chi connectivity index (χ0v) is 7.83. The Morgan fingerprint density at radius 2 is 2.00 bits per heavy atom. The average Bonchev–Trinajstić information content (AvgIpc) is 2.08. The summed E-state index contributed by atoms with van der Waals surface area (Å²) in [4.78, 5) is 0. The lowest BCUT2D eigenvalue weighted by atomic mass is 9.78. The van der Waals surface area contributed by atoms with Gasteiger partial charge in [0.25, 0.3) is 0 Å². The molecule has 1 N–H and O–H groups in total. The van der Waals surface area contributed by atoms with Crippen molar-refractivity contribution in [3.63, 3.8) is 0 Å². The van der Waals surface area contributed by atoms with Gasteiger partial charge in [-0.1, -0.05) is 28.9 Å². The lowest BCUT2D eigenvalue weighted by molar-refractivity contribution is 0.310. The largest absolute Gasteiger partial charge is 0.411 e. The zero-order chi connectivity index (χ0) is 9.26. The van der Waals surface area contributed by atoms with Crippen molar-refractivity contribution in [2.45, 2.75) is 18.8 Å². The molecule has 0 aliphatic heterocycles. The second-order valence-electron chi connectivity index (χ2n) is 3.23. The summed E-state index contributed by atoms with van der Waals surface area (Å²) >= 11 is 5.77. The molecule has 3 heteroatoms. The highest BCUT2D eigenvalue weighted by Gasteiger charge is 2.27. The van der Waals surface area contributed by atoms with Crippen LogP contribution < -0.4 is 0 Å². The van der Waals surface area contributed by atoms with E-state index in [9.17, 15) is 0 Å². The van der Waals surface area contributed by atoms with Crippen LogP contribution in [0, 0.1) is 0 Å². The minimum atomic E-state index is 0.308. The summed E-state index contributed by atoms with van der Waals surface area (Å²) in [7, 11) is 0. The summed E-state index contributed by atoms with van der Waals surface area (Å²) in [5.41, 5.74) is 2.06. The maximum atomic E-state index is 8.63. The first-order valence-electron chi connectivity index (χ1n) is 4.27. The molecule has 2 nitrogen and oxygen atoms in total. The highest BCUT2D eigenvalue weighted by atomic mass is 35.5. The Morgan fingerprint density at radius 3 is 2.46 bits per heavy atom. The number of benzene rings is 1.